The molecule has 1 heterocycles. The zero-order valence-corrected chi connectivity index (χ0v) is 13.8. The number of ether oxygens (including phenoxy) is 1. The van der Waals surface area contributed by atoms with E-state index in [0.717, 1.165) is 11.1 Å². The molecule has 26 heavy (non-hydrogen) atoms. The second kappa shape index (κ2) is 6.37. The SMILES string of the molecule is NC(=O)c1cccc(NC(=O)C2c3ccccc3Oc3ccccc32)c1. The molecule has 0 fully saturated rings. The Morgan fingerprint density at radius 1 is 0.846 bits per heavy atom. The van der Waals surface area contributed by atoms with Crippen molar-refractivity contribution in [3.05, 3.63) is 89.5 Å². The van der Waals surface area contributed by atoms with Crippen molar-refractivity contribution in [3.63, 3.8) is 0 Å². The van der Waals surface area contributed by atoms with Crippen LogP contribution in [0.3, 0.4) is 0 Å². The molecule has 0 spiro atoms. The highest BCUT2D eigenvalue weighted by molar-refractivity contribution is 6.01. The number of carbonyl (C=O) groups excluding carboxylic acids is 2. The molecule has 3 aromatic rings. The van der Waals surface area contributed by atoms with E-state index in [1.54, 1.807) is 24.3 Å². The van der Waals surface area contributed by atoms with Crippen LogP contribution in [0.15, 0.2) is 72.8 Å². The molecule has 5 nitrogen and oxygen atoms in total. The minimum absolute atomic E-state index is 0.199. The predicted molar refractivity (Wildman–Crippen MR) is 98.4 cm³/mol. The van der Waals surface area contributed by atoms with Crippen molar-refractivity contribution in [1.82, 2.24) is 0 Å². The first kappa shape index (κ1) is 15.9. The van der Waals surface area contributed by atoms with Gasteiger partial charge in [0.25, 0.3) is 0 Å². The summed E-state index contributed by atoms with van der Waals surface area (Å²) < 4.78 is 5.92. The van der Waals surface area contributed by atoms with Crippen LogP contribution in [0.25, 0.3) is 0 Å². The number of fused-ring (bicyclic) bond motifs is 2. The van der Waals surface area contributed by atoms with Gasteiger partial charge in [-0.3, -0.25) is 9.59 Å². The molecule has 0 aromatic heterocycles. The second-order valence-electron chi connectivity index (χ2n) is 6.05. The van der Waals surface area contributed by atoms with Gasteiger partial charge in [0.2, 0.25) is 11.8 Å². The molecule has 0 saturated carbocycles. The summed E-state index contributed by atoms with van der Waals surface area (Å²) in [5, 5.41) is 2.89. The van der Waals surface area contributed by atoms with Crippen LogP contribution in [-0.2, 0) is 4.79 Å². The first-order valence-corrected chi connectivity index (χ1v) is 8.20. The smallest absolute Gasteiger partial charge is 0.248 e. The molecule has 3 aromatic carbocycles. The third-order valence-electron chi connectivity index (χ3n) is 4.36. The van der Waals surface area contributed by atoms with E-state index in [2.05, 4.69) is 5.32 Å². The summed E-state index contributed by atoms with van der Waals surface area (Å²) in [4.78, 5) is 24.5. The largest absolute Gasteiger partial charge is 0.457 e. The van der Waals surface area contributed by atoms with Crippen LogP contribution in [0.1, 0.15) is 27.4 Å². The highest BCUT2D eigenvalue weighted by atomic mass is 16.5. The van der Waals surface area contributed by atoms with Crippen LogP contribution in [0.2, 0.25) is 0 Å². The zero-order valence-electron chi connectivity index (χ0n) is 13.8. The summed E-state index contributed by atoms with van der Waals surface area (Å²) in [6, 6.07) is 21.5. The molecule has 128 valence electrons. The number of para-hydroxylation sites is 2. The third kappa shape index (κ3) is 2.80. The van der Waals surface area contributed by atoms with Crippen LogP contribution in [-0.4, -0.2) is 11.8 Å². The summed E-state index contributed by atoms with van der Waals surface area (Å²) in [6.07, 6.45) is 0. The van der Waals surface area contributed by atoms with E-state index < -0.39 is 11.8 Å². The quantitative estimate of drug-likeness (QED) is 0.761. The Morgan fingerprint density at radius 3 is 2.08 bits per heavy atom. The summed E-state index contributed by atoms with van der Waals surface area (Å²) in [6.45, 7) is 0. The number of hydrogen-bond donors (Lipinski definition) is 2. The van der Waals surface area contributed by atoms with E-state index in [0.29, 0.717) is 22.7 Å². The second-order valence-corrected chi connectivity index (χ2v) is 6.05. The molecule has 3 N–H and O–H groups in total. The van der Waals surface area contributed by atoms with Gasteiger partial charge in [-0.1, -0.05) is 42.5 Å². The maximum atomic E-state index is 13.1. The van der Waals surface area contributed by atoms with Gasteiger partial charge in [-0.15, -0.1) is 0 Å². The van der Waals surface area contributed by atoms with Crippen molar-refractivity contribution in [1.29, 1.82) is 0 Å². The number of carbonyl (C=O) groups is 2. The monoisotopic (exact) mass is 344 g/mol. The van der Waals surface area contributed by atoms with Gasteiger partial charge in [-0.2, -0.15) is 0 Å². The maximum Gasteiger partial charge on any atom is 0.248 e. The van der Waals surface area contributed by atoms with Crippen molar-refractivity contribution >= 4 is 17.5 Å². The van der Waals surface area contributed by atoms with Crippen LogP contribution in [0.4, 0.5) is 5.69 Å². The van der Waals surface area contributed by atoms with Gasteiger partial charge < -0.3 is 15.8 Å². The fourth-order valence-corrected chi connectivity index (χ4v) is 3.16. The number of primary amides is 1. The Labute approximate surface area is 150 Å². The number of anilines is 1. The van der Waals surface area contributed by atoms with Crippen LogP contribution >= 0.6 is 0 Å². The molecule has 0 atom stereocenters. The Morgan fingerprint density at radius 2 is 1.46 bits per heavy atom. The van der Waals surface area contributed by atoms with E-state index >= 15 is 0 Å². The van der Waals surface area contributed by atoms with Crippen molar-refractivity contribution in [2.45, 2.75) is 5.92 Å². The number of amides is 2. The first-order valence-electron chi connectivity index (χ1n) is 8.20. The van der Waals surface area contributed by atoms with Gasteiger partial charge in [0, 0.05) is 22.4 Å². The predicted octanol–water partition coefficient (Wildman–Crippen LogP) is 3.66. The van der Waals surface area contributed by atoms with Gasteiger partial charge >= 0.3 is 0 Å². The lowest BCUT2D eigenvalue weighted by molar-refractivity contribution is -0.116. The number of hydrogen-bond acceptors (Lipinski definition) is 3. The fourth-order valence-electron chi connectivity index (χ4n) is 3.16. The lowest BCUT2D eigenvalue weighted by Crippen LogP contribution is -2.25. The summed E-state index contributed by atoms with van der Waals surface area (Å²) in [5.74, 6) is 0.0838. The Bertz CT molecular complexity index is 968. The van der Waals surface area contributed by atoms with Gasteiger partial charge in [0.1, 0.15) is 11.5 Å². The van der Waals surface area contributed by atoms with Crippen molar-refractivity contribution in [2.75, 3.05) is 5.32 Å². The van der Waals surface area contributed by atoms with Crippen molar-refractivity contribution in [3.8, 4) is 11.5 Å². The van der Waals surface area contributed by atoms with Gasteiger partial charge in [0.05, 0.1) is 5.92 Å². The lowest BCUT2D eigenvalue weighted by Gasteiger charge is -2.27. The molecule has 1 aliphatic heterocycles. The Kier molecular flexibility index (Phi) is 3.89. The van der Waals surface area contributed by atoms with Crippen LogP contribution < -0.4 is 15.8 Å². The molecule has 0 aliphatic carbocycles. The average Bonchev–Trinajstić information content (AvgIpc) is 2.66. The molecular weight excluding hydrogens is 328 g/mol. The molecule has 2 amide bonds. The molecule has 5 heteroatoms. The molecule has 0 bridgehead atoms. The number of benzene rings is 3. The van der Waals surface area contributed by atoms with Crippen LogP contribution in [0, 0.1) is 0 Å². The first-order chi connectivity index (χ1) is 12.6. The van der Waals surface area contributed by atoms with E-state index in [4.69, 9.17) is 10.5 Å². The standard InChI is InChI=1S/C21H16N2O3/c22-20(24)13-6-5-7-14(12-13)23-21(25)19-15-8-1-3-10-17(15)26-18-11-4-2-9-16(18)19/h1-12,19H,(H2,22,24)(H,23,25). The van der Waals surface area contributed by atoms with Crippen LogP contribution in [0.5, 0.6) is 11.5 Å². The Balaban J connectivity index is 1.72. The number of nitrogens with two attached hydrogens (primary N) is 1. The molecular formula is C21H16N2O3. The van der Waals surface area contributed by atoms with Crippen molar-refractivity contribution < 1.29 is 14.3 Å². The average molecular weight is 344 g/mol. The summed E-state index contributed by atoms with van der Waals surface area (Å²) in [7, 11) is 0. The number of rotatable bonds is 3. The van der Waals surface area contributed by atoms with Gasteiger partial charge in [0.15, 0.2) is 0 Å². The summed E-state index contributed by atoms with van der Waals surface area (Å²) in [5.41, 5.74) is 7.78. The van der Waals surface area contributed by atoms with Gasteiger partial charge in [-0.25, -0.2) is 0 Å². The minimum atomic E-state index is -0.539. The molecule has 4 rings (SSSR count). The zero-order chi connectivity index (χ0) is 18.1. The van der Waals surface area contributed by atoms with E-state index in [-0.39, 0.29) is 5.91 Å². The highest BCUT2D eigenvalue weighted by Gasteiger charge is 2.32. The lowest BCUT2D eigenvalue weighted by atomic mass is 9.87. The van der Waals surface area contributed by atoms with E-state index in [9.17, 15) is 9.59 Å². The molecule has 0 saturated heterocycles. The van der Waals surface area contributed by atoms with Gasteiger partial charge in [-0.05, 0) is 30.3 Å². The highest BCUT2D eigenvalue weighted by Crippen LogP contribution is 2.44. The summed E-state index contributed by atoms with van der Waals surface area (Å²) >= 11 is 0. The minimum Gasteiger partial charge on any atom is -0.457 e. The third-order valence-corrected chi connectivity index (χ3v) is 4.36. The maximum absolute atomic E-state index is 13.1. The molecule has 1 aliphatic rings. The normalized spacial score (nSPS) is 12.5. The molecule has 0 radical (unpaired) electrons. The topological polar surface area (TPSA) is 81.4 Å². The van der Waals surface area contributed by atoms with E-state index in [1.807, 2.05) is 48.5 Å². The van der Waals surface area contributed by atoms with E-state index in [1.165, 1.54) is 0 Å². The molecule has 0 unspecified atom stereocenters. The van der Waals surface area contributed by atoms with Crippen molar-refractivity contribution in [2.24, 2.45) is 5.73 Å². The number of nitrogens with one attached hydrogen (secondary N) is 1. The Hall–Kier alpha value is -3.60. The fraction of sp³-hybridized carbons (Fsp3) is 0.0476.